The van der Waals surface area contributed by atoms with Gasteiger partial charge in [0.15, 0.2) is 4.67 Å². The van der Waals surface area contributed by atoms with Crippen molar-refractivity contribution in [2.75, 3.05) is 0 Å². The predicted octanol–water partition coefficient (Wildman–Crippen LogP) is 2.65. The fourth-order valence-electron chi connectivity index (χ4n) is 2.37. The van der Waals surface area contributed by atoms with E-state index in [9.17, 15) is 4.79 Å². The van der Waals surface area contributed by atoms with Crippen LogP contribution < -0.4 is 0 Å². The molecule has 0 radical (unpaired) electrons. The molecule has 1 unspecified atom stereocenters. The van der Waals surface area contributed by atoms with Gasteiger partial charge in [-0.2, -0.15) is 0 Å². The van der Waals surface area contributed by atoms with Crippen LogP contribution in [0.3, 0.4) is 0 Å². The van der Waals surface area contributed by atoms with E-state index >= 15 is 0 Å². The van der Waals surface area contributed by atoms with Gasteiger partial charge in [0, 0.05) is 11.6 Å². The molecule has 0 bridgehead atoms. The summed E-state index contributed by atoms with van der Waals surface area (Å²) in [5.41, 5.74) is 1.16. The molecule has 1 aromatic rings. The molecular weight excluding hydrogens is 258 g/mol. The zero-order valence-corrected chi connectivity index (χ0v) is 10.1. The van der Waals surface area contributed by atoms with Crippen molar-refractivity contribution in [2.45, 2.75) is 38.3 Å². The van der Waals surface area contributed by atoms with Gasteiger partial charge < -0.3 is 9.32 Å². The van der Waals surface area contributed by atoms with E-state index in [1.54, 1.807) is 0 Å². The molecule has 3 nitrogen and oxygen atoms in total. The molecule has 0 spiro atoms. The minimum Gasteiger partial charge on any atom is -0.453 e. The Kier molecular flexibility index (Phi) is 1.96. The lowest BCUT2D eigenvalue weighted by molar-refractivity contribution is -0.134. The van der Waals surface area contributed by atoms with Crippen LogP contribution in [0.1, 0.15) is 37.1 Å². The molecule has 0 saturated heterocycles. The Bertz CT molecular complexity index is 422. The van der Waals surface area contributed by atoms with Gasteiger partial charge in [-0.1, -0.05) is 0 Å². The zero-order chi connectivity index (χ0) is 10.6. The summed E-state index contributed by atoms with van der Waals surface area (Å²) >= 11 is 3.32. The van der Waals surface area contributed by atoms with Crippen LogP contribution >= 0.6 is 15.9 Å². The van der Waals surface area contributed by atoms with Gasteiger partial charge in [0.05, 0.1) is 12.5 Å². The van der Waals surface area contributed by atoms with Crippen LogP contribution in [0.4, 0.5) is 0 Å². The third-order valence-corrected chi connectivity index (χ3v) is 3.61. The topological polar surface area (TPSA) is 33.5 Å². The van der Waals surface area contributed by atoms with Gasteiger partial charge in [-0.25, -0.2) is 0 Å². The number of carbonyl (C=O) groups is 1. The smallest absolute Gasteiger partial charge is 0.230 e. The molecule has 4 heteroatoms. The highest BCUT2D eigenvalue weighted by atomic mass is 79.9. The van der Waals surface area contributed by atoms with Crippen molar-refractivity contribution in [1.29, 1.82) is 0 Å². The molecule has 1 fully saturated rings. The van der Waals surface area contributed by atoms with Crippen LogP contribution in [0.5, 0.6) is 0 Å². The number of nitrogens with zero attached hydrogens (tertiary/aromatic N) is 1. The summed E-state index contributed by atoms with van der Waals surface area (Å²) in [7, 11) is 0. The average molecular weight is 270 g/mol. The summed E-state index contributed by atoms with van der Waals surface area (Å²) in [6.07, 6.45) is 2.73. The van der Waals surface area contributed by atoms with E-state index in [-0.39, 0.29) is 11.9 Å². The minimum atomic E-state index is 0.170. The Morgan fingerprint density at radius 2 is 2.27 bits per heavy atom. The molecule has 1 atom stereocenters. The lowest BCUT2D eigenvalue weighted by atomic mass is 10.0. The molecule has 0 aromatic carbocycles. The highest BCUT2D eigenvalue weighted by Gasteiger charge is 2.40. The Balaban J connectivity index is 2.01. The lowest BCUT2D eigenvalue weighted by Gasteiger charge is -2.32. The SMILES string of the molecule is CC1c2cc(Br)oc2CC(=O)N1C1CC1. The molecule has 1 aromatic heterocycles. The standard InChI is InChI=1S/C11H12BrNO2/c1-6-8-4-10(12)15-9(8)5-11(14)13(6)7-2-3-7/h4,6-7H,2-3,5H2,1H3. The normalized spacial score (nSPS) is 25.6. The molecule has 3 rings (SSSR count). The third kappa shape index (κ3) is 1.42. The predicted molar refractivity (Wildman–Crippen MR) is 58.4 cm³/mol. The van der Waals surface area contributed by atoms with Crippen LogP contribution in [0.25, 0.3) is 0 Å². The Morgan fingerprint density at radius 3 is 2.93 bits per heavy atom. The van der Waals surface area contributed by atoms with Crippen molar-refractivity contribution in [3.63, 3.8) is 0 Å². The second-order valence-electron chi connectivity index (χ2n) is 4.31. The quantitative estimate of drug-likeness (QED) is 0.786. The Hall–Kier alpha value is -0.770. The molecule has 80 valence electrons. The Labute approximate surface area is 96.6 Å². The lowest BCUT2D eigenvalue weighted by Crippen LogP contribution is -2.40. The maximum Gasteiger partial charge on any atom is 0.230 e. The first-order valence-corrected chi connectivity index (χ1v) is 6.05. The van der Waals surface area contributed by atoms with Gasteiger partial charge >= 0.3 is 0 Å². The van der Waals surface area contributed by atoms with E-state index in [0.717, 1.165) is 28.8 Å². The zero-order valence-electron chi connectivity index (χ0n) is 8.50. The van der Waals surface area contributed by atoms with Gasteiger partial charge in [0.1, 0.15) is 5.76 Å². The summed E-state index contributed by atoms with van der Waals surface area (Å²) < 4.78 is 6.19. The number of furan rings is 1. The van der Waals surface area contributed by atoms with E-state index in [1.807, 2.05) is 11.0 Å². The van der Waals surface area contributed by atoms with Crippen LogP contribution in [-0.2, 0) is 11.2 Å². The van der Waals surface area contributed by atoms with Gasteiger partial charge in [-0.05, 0) is 41.8 Å². The highest BCUT2D eigenvalue weighted by molar-refractivity contribution is 9.10. The number of hydrogen-bond acceptors (Lipinski definition) is 2. The average Bonchev–Trinajstić information content (AvgIpc) is 2.90. The fraction of sp³-hybridized carbons (Fsp3) is 0.545. The molecule has 0 N–H and O–H groups in total. The Morgan fingerprint density at radius 1 is 1.53 bits per heavy atom. The van der Waals surface area contributed by atoms with E-state index in [0.29, 0.717) is 12.5 Å². The van der Waals surface area contributed by atoms with E-state index in [1.165, 1.54) is 0 Å². The molecule has 1 amide bonds. The number of amides is 1. The largest absolute Gasteiger partial charge is 0.453 e. The summed E-state index contributed by atoms with van der Waals surface area (Å²) in [5.74, 6) is 1.04. The first-order valence-electron chi connectivity index (χ1n) is 5.26. The second-order valence-corrected chi connectivity index (χ2v) is 5.10. The summed E-state index contributed by atoms with van der Waals surface area (Å²) in [6.45, 7) is 2.08. The fourth-order valence-corrected chi connectivity index (χ4v) is 2.81. The molecule has 1 aliphatic heterocycles. The van der Waals surface area contributed by atoms with Crippen LogP contribution in [0.15, 0.2) is 15.2 Å². The number of halogens is 1. The summed E-state index contributed by atoms with van der Waals surface area (Å²) in [6, 6.07) is 2.64. The molecule has 15 heavy (non-hydrogen) atoms. The van der Waals surface area contributed by atoms with Crippen molar-refractivity contribution >= 4 is 21.8 Å². The molecular formula is C11H12BrNO2. The van der Waals surface area contributed by atoms with E-state index in [2.05, 4.69) is 22.9 Å². The number of carbonyl (C=O) groups excluding carboxylic acids is 1. The summed E-state index contributed by atoms with van der Waals surface area (Å²) in [4.78, 5) is 13.9. The van der Waals surface area contributed by atoms with E-state index < -0.39 is 0 Å². The third-order valence-electron chi connectivity index (χ3n) is 3.22. The van der Waals surface area contributed by atoms with Crippen LogP contribution in [0, 0.1) is 0 Å². The highest BCUT2D eigenvalue weighted by Crippen LogP contribution is 2.40. The van der Waals surface area contributed by atoms with Crippen molar-refractivity contribution in [1.82, 2.24) is 4.90 Å². The molecule has 1 aliphatic carbocycles. The maximum absolute atomic E-state index is 11.9. The maximum atomic E-state index is 11.9. The number of rotatable bonds is 1. The van der Waals surface area contributed by atoms with Crippen molar-refractivity contribution < 1.29 is 9.21 Å². The van der Waals surface area contributed by atoms with Crippen molar-refractivity contribution in [3.8, 4) is 0 Å². The van der Waals surface area contributed by atoms with Gasteiger partial charge in [0.25, 0.3) is 0 Å². The monoisotopic (exact) mass is 269 g/mol. The van der Waals surface area contributed by atoms with Crippen LogP contribution in [-0.4, -0.2) is 16.8 Å². The molecule has 2 heterocycles. The van der Waals surface area contributed by atoms with Crippen molar-refractivity contribution in [3.05, 3.63) is 22.1 Å². The van der Waals surface area contributed by atoms with Crippen molar-refractivity contribution in [2.24, 2.45) is 0 Å². The first-order chi connectivity index (χ1) is 7.16. The van der Waals surface area contributed by atoms with E-state index in [4.69, 9.17) is 4.42 Å². The van der Waals surface area contributed by atoms with Gasteiger partial charge in [-0.15, -0.1) is 0 Å². The molecule has 2 aliphatic rings. The van der Waals surface area contributed by atoms with Gasteiger partial charge in [0.2, 0.25) is 5.91 Å². The number of hydrogen-bond donors (Lipinski definition) is 0. The summed E-state index contributed by atoms with van der Waals surface area (Å²) in [5, 5.41) is 0. The van der Waals surface area contributed by atoms with Crippen LogP contribution in [0.2, 0.25) is 0 Å². The minimum absolute atomic E-state index is 0.170. The second kappa shape index (κ2) is 3.11. The first kappa shape index (κ1) is 9.46. The number of fused-ring (bicyclic) bond motifs is 1. The van der Waals surface area contributed by atoms with Gasteiger partial charge in [-0.3, -0.25) is 4.79 Å². The molecule has 1 saturated carbocycles.